The molecule has 2 aliphatic heterocycles. The summed E-state index contributed by atoms with van der Waals surface area (Å²) in [6, 6.07) is 5.12. The maximum Gasteiger partial charge on any atom is 0.409 e. The molecule has 0 saturated carbocycles. The van der Waals surface area contributed by atoms with Crippen molar-refractivity contribution in [1.82, 2.24) is 15.2 Å². The first-order chi connectivity index (χ1) is 14.5. The molecule has 0 aliphatic carbocycles. The van der Waals surface area contributed by atoms with Crippen molar-refractivity contribution < 1.29 is 18.7 Å². The number of para-hydroxylation sites is 1. The van der Waals surface area contributed by atoms with Gasteiger partial charge in [0.1, 0.15) is 11.3 Å². The van der Waals surface area contributed by atoms with Gasteiger partial charge in [-0.05, 0) is 44.7 Å². The average Bonchev–Trinajstić information content (AvgIpc) is 3.20. The highest BCUT2D eigenvalue weighted by atomic mass is 32.1. The molecule has 0 radical (unpaired) electrons. The fourth-order valence-electron chi connectivity index (χ4n) is 4.11. The fourth-order valence-corrected chi connectivity index (χ4v) is 5.14. The molecule has 7 nitrogen and oxygen atoms in total. The molecule has 2 aromatic rings. The molecule has 1 aromatic heterocycles. The molecule has 0 spiro atoms. The van der Waals surface area contributed by atoms with Crippen molar-refractivity contribution in [2.24, 2.45) is 5.92 Å². The number of piperidine rings is 2. The molecule has 2 amide bonds. The van der Waals surface area contributed by atoms with E-state index in [1.165, 1.54) is 17.4 Å². The number of hydrogen-bond donors (Lipinski definition) is 1. The Hall–Kier alpha value is -2.42. The number of fused-ring (bicyclic) bond motifs is 1. The van der Waals surface area contributed by atoms with E-state index in [2.05, 4.69) is 15.2 Å². The second kappa shape index (κ2) is 9.16. The van der Waals surface area contributed by atoms with E-state index in [1.807, 2.05) is 6.07 Å². The number of carbonyl (C=O) groups is 2. The van der Waals surface area contributed by atoms with Crippen LogP contribution in [0.3, 0.4) is 0 Å². The first-order valence-corrected chi connectivity index (χ1v) is 11.4. The lowest BCUT2D eigenvalue weighted by molar-refractivity contribution is -0.126. The van der Waals surface area contributed by atoms with Gasteiger partial charge in [-0.2, -0.15) is 0 Å². The van der Waals surface area contributed by atoms with Crippen LogP contribution >= 0.6 is 11.3 Å². The van der Waals surface area contributed by atoms with Gasteiger partial charge in [-0.1, -0.05) is 17.4 Å². The van der Waals surface area contributed by atoms with E-state index in [-0.39, 0.29) is 29.8 Å². The highest BCUT2D eigenvalue weighted by Gasteiger charge is 2.30. The van der Waals surface area contributed by atoms with Crippen LogP contribution in [0.5, 0.6) is 0 Å². The van der Waals surface area contributed by atoms with Crippen LogP contribution in [0.15, 0.2) is 18.2 Å². The summed E-state index contributed by atoms with van der Waals surface area (Å²) in [5.74, 6) is -0.215. The third-order valence-corrected chi connectivity index (χ3v) is 6.94. The summed E-state index contributed by atoms with van der Waals surface area (Å²) in [6.07, 6.45) is 2.74. The zero-order valence-corrected chi connectivity index (χ0v) is 17.9. The molecule has 9 heteroatoms. The monoisotopic (exact) mass is 434 g/mol. The predicted molar refractivity (Wildman–Crippen MR) is 114 cm³/mol. The quantitative estimate of drug-likeness (QED) is 0.799. The lowest BCUT2D eigenvalue weighted by Gasteiger charge is -2.34. The summed E-state index contributed by atoms with van der Waals surface area (Å²) in [5.41, 5.74) is 0.423. The number of benzene rings is 1. The maximum absolute atomic E-state index is 13.9. The lowest BCUT2D eigenvalue weighted by Crippen LogP contribution is -2.49. The minimum Gasteiger partial charge on any atom is -0.450 e. The molecule has 2 aliphatic rings. The Kier molecular flexibility index (Phi) is 6.36. The van der Waals surface area contributed by atoms with Crippen LogP contribution in [0, 0.1) is 11.7 Å². The smallest absolute Gasteiger partial charge is 0.409 e. The largest absolute Gasteiger partial charge is 0.450 e. The number of anilines is 1. The fraction of sp³-hybridized carbons (Fsp3) is 0.571. The summed E-state index contributed by atoms with van der Waals surface area (Å²) in [7, 11) is 0. The van der Waals surface area contributed by atoms with Crippen molar-refractivity contribution in [3.63, 3.8) is 0 Å². The average molecular weight is 435 g/mol. The molecule has 162 valence electrons. The molecule has 4 rings (SSSR count). The predicted octanol–water partition coefficient (Wildman–Crippen LogP) is 3.39. The highest BCUT2D eigenvalue weighted by molar-refractivity contribution is 7.22. The first-order valence-electron chi connectivity index (χ1n) is 10.6. The van der Waals surface area contributed by atoms with Crippen molar-refractivity contribution >= 4 is 38.7 Å². The van der Waals surface area contributed by atoms with Crippen LogP contribution in [0.4, 0.5) is 14.3 Å². The van der Waals surface area contributed by atoms with Crippen molar-refractivity contribution in [2.75, 3.05) is 37.7 Å². The molecule has 1 N–H and O–H groups in total. The number of carbonyl (C=O) groups excluding carboxylic acids is 2. The van der Waals surface area contributed by atoms with Gasteiger partial charge in [0.15, 0.2) is 5.13 Å². The molecule has 1 aromatic carbocycles. The summed E-state index contributed by atoms with van der Waals surface area (Å²) in [6.45, 7) is 4.86. The highest BCUT2D eigenvalue weighted by Crippen LogP contribution is 2.32. The summed E-state index contributed by atoms with van der Waals surface area (Å²) >= 11 is 1.49. The second-order valence-electron chi connectivity index (χ2n) is 7.81. The Morgan fingerprint density at radius 3 is 2.60 bits per heavy atom. The molecular formula is C21H27FN4O3S. The number of nitrogens with one attached hydrogen (secondary N) is 1. The Balaban J connectivity index is 1.25. The number of halogens is 1. The zero-order chi connectivity index (χ0) is 21.1. The lowest BCUT2D eigenvalue weighted by atomic mass is 9.95. The third-order valence-electron chi connectivity index (χ3n) is 5.86. The number of thiazole rings is 1. The van der Waals surface area contributed by atoms with Gasteiger partial charge in [0.2, 0.25) is 5.91 Å². The van der Waals surface area contributed by atoms with E-state index >= 15 is 0 Å². The van der Waals surface area contributed by atoms with E-state index in [9.17, 15) is 14.0 Å². The Bertz CT molecular complexity index is 905. The van der Waals surface area contributed by atoms with Gasteiger partial charge >= 0.3 is 6.09 Å². The molecule has 2 saturated heterocycles. The summed E-state index contributed by atoms with van der Waals surface area (Å²) < 4.78 is 19.8. The molecule has 0 bridgehead atoms. The third kappa shape index (κ3) is 4.50. The number of likely N-dealkylation sites (tertiary alicyclic amines) is 1. The van der Waals surface area contributed by atoms with Crippen LogP contribution in [0.25, 0.3) is 10.2 Å². The first kappa shape index (κ1) is 20.8. The Labute approximate surface area is 179 Å². The van der Waals surface area contributed by atoms with E-state index < -0.39 is 0 Å². The number of hydrogen-bond acceptors (Lipinski definition) is 6. The molecule has 0 unspecified atom stereocenters. The van der Waals surface area contributed by atoms with E-state index in [4.69, 9.17) is 4.74 Å². The van der Waals surface area contributed by atoms with Crippen molar-refractivity contribution in [2.45, 2.75) is 38.6 Å². The molecular weight excluding hydrogens is 407 g/mol. The normalized spacial score (nSPS) is 18.6. The zero-order valence-electron chi connectivity index (χ0n) is 17.1. The summed E-state index contributed by atoms with van der Waals surface area (Å²) in [5, 5.41) is 3.98. The Morgan fingerprint density at radius 2 is 1.93 bits per heavy atom. The van der Waals surface area contributed by atoms with Crippen molar-refractivity contribution in [3.8, 4) is 0 Å². The van der Waals surface area contributed by atoms with Gasteiger partial charge in [-0.3, -0.25) is 4.79 Å². The van der Waals surface area contributed by atoms with Crippen molar-refractivity contribution in [3.05, 3.63) is 24.0 Å². The number of rotatable bonds is 4. The number of amides is 2. The minimum absolute atomic E-state index is 0.0181. The van der Waals surface area contributed by atoms with Crippen LogP contribution in [-0.2, 0) is 9.53 Å². The van der Waals surface area contributed by atoms with E-state index in [0.717, 1.165) is 48.6 Å². The van der Waals surface area contributed by atoms with Crippen LogP contribution in [0.2, 0.25) is 0 Å². The maximum atomic E-state index is 13.9. The Morgan fingerprint density at radius 1 is 1.20 bits per heavy atom. The minimum atomic E-state index is -0.293. The van der Waals surface area contributed by atoms with Crippen LogP contribution < -0.4 is 10.2 Å². The molecule has 2 fully saturated rings. The van der Waals surface area contributed by atoms with Gasteiger partial charge in [0.25, 0.3) is 0 Å². The van der Waals surface area contributed by atoms with Gasteiger partial charge in [0.05, 0.1) is 11.3 Å². The van der Waals surface area contributed by atoms with E-state index in [1.54, 1.807) is 17.9 Å². The number of aromatic nitrogens is 1. The number of ether oxygens (including phenoxy) is 1. The van der Waals surface area contributed by atoms with Gasteiger partial charge in [0, 0.05) is 38.1 Å². The van der Waals surface area contributed by atoms with Crippen LogP contribution in [0.1, 0.15) is 32.6 Å². The molecule has 30 heavy (non-hydrogen) atoms. The second-order valence-corrected chi connectivity index (χ2v) is 8.82. The summed E-state index contributed by atoms with van der Waals surface area (Å²) in [4.78, 5) is 32.8. The number of nitrogens with zero attached hydrogens (tertiary/aromatic N) is 3. The topological polar surface area (TPSA) is 74.8 Å². The van der Waals surface area contributed by atoms with E-state index in [0.29, 0.717) is 25.2 Å². The van der Waals surface area contributed by atoms with Crippen molar-refractivity contribution in [1.29, 1.82) is 0 Å². The SMILES string of the molecule is CCOC(=O)N1CCC(NC(=O)C2CCN(c3nc4c(F)cccc4s3)CC2)CC1. The standard InChI is InChI=1S/C21H27FN4O3S/c1-2-29-21(28)26-12-8-15(9-13-26)23-19(27)14-6-10-25(11-7-14)20-24-18-16(22)4-3-5-17(18)30-20/h3-5,14-15H,2,6-13H2,1H3,(H,23,27). The van der Waals surface area contributed by atoms with Gasteiger partial charge in [-0.25, -0.2) is 14.2 Å². The van der Waals surface area contributed by atoms with Gasteiger partial charge < -0.3 is 19.9 Å². The van der Waals surface area contributed by atoms with Gasteiger partial charge in [-0.15, -0.1) is 0 Å². The van der Waals surface area contributed by atoms with Crippen LogP contribution in [-0.4, -0.2) is 60.7 Å². The molecule has 3 heterocycles. The molecule has 0 atom stereocenters.